The van der Waals surface area contributed by atoms with Crippen molar-refractivity contribution in [3.05, 3.63) is 30.3 Å². The van der Waals surface area contributed by atoms with E-state index in [1.807, 2.05) is 30.3 Å². The van der Waals surface area contributed by atoms with E-state index in [2.05, 4.69) is 18.5 Å². The Morgan fingerprint density at radius 2 is 1.57 bits per heavy atom. The molecule has 1 aromatic rings. The van der Waals surface area contributed by atoms with Crippen molar-refractivity contribution in [2.75, 3.05) is 13.1 Å². The summed E-state index contributed by atoms with van der Waals surface area (Å²) in [6.07, 6.45) is -2.13. The average molecular weight is 251 g/mol. The van der Waals surface area contributed by atoms with Crippen LogP contribution in [0.2, 0.25) is 0 Å². The highest BCUT2D eigenvalue weighted by Crippen LogP contribution is 2.70. The Bertz CT molecular complexity index is 273. The number of rotatable bonds is 4. The maximum Gasteiger partial charge on any atom is 0.313 e. The van der Waals surface area contributed by atoms with Gasteiger partial charge in [-0.05, 0) is 26.0 Å². The van der Waals surface area contributed by atoms with Crippen molar-refractivity contribution in [2.45, 2.75) is 13.8 Å². The van der Waals surface area contributed by atoms with Gasteiger partial charge in [0, 0.05) is 13.1 Å². The standard InChI is InChI=1S/C10H15Cl2NP/c1-3-13(4-2)14(11,12)10-8-6-5-7-9-10/h5-9H,3-4H2,1-2H3/q+1. The van der Waals surface area contributed by atoms with Crippen LogP contribution in [0, 0.1) is 0 Å². The Hall–Kier alpha value is 0.190. The zero-order valence-electron chi connectivity index (χ0n) is 8.45. The lowest BCUT2D eigenvalue weighted by atomic mass is 10.4. The molecule has 0 heterocycles. The first-order valence-corrected chi connectivity index (χ1v) is 8.27. The molecule has 0 N–H and O–H groups in total. The summed E-state index contributed by atoms with van der Waals surface area (Å²) in [4.78, 5) is 0. The number of benzene rings is 1. The van der Waals surface area contributed by atoms with E-state index in [0.29, 0.717) is 0 Å². The summed E-state index contributed by atoms with van der Waals surface area (Å²) in [5.41, 5.74) is 0. The van der Waals surface area contributed by atoms with Crippen molar-refractivity contribution in [1.82, 2.24) is 4.67 Å². The van der Waals surface area contributed by atoms with E-state index in [1.165, 1.54) is 0 Å². The number of nitrogens with zero attached hydrogens (tertiary/aromatic N) is 1. The van der Waals surface area contributed by atoms with Crippen LogP contribution in [-0.2, 0) is 0 Å². The van der Waals surface area contributed by atoms with Crippen LogP contribution >= 0.6 is 28.6 Å². The smallest absolute Gasteiger partial charge is 0.145 e. The van der Waals surface area contributed by atoms with E-state index in [1.54, 1.807) is 0 Å². The second-order valence-corrected chi connectivity index (χ2v) is 8.46. The number of halogens is 2. The second-order valence-electron chi connectivity index (χ2n) is 2.96. The van der Waals surface area contributed by atoms with E-state index in [0.717, 1.165) is 18.4 Å². The minimum absolute atomic E-state index is 0.881. The Kier molecular flexibility index (Phi) is 4.66. The zero-order valence-corrected chi connectivity index (χ0v) is 10.9. The third-order valence-electron chi connectivity index (χ3n) is 2.15. The summed E-state index contributed by atoms with van der Waals surface area (Å²) >= 11 is 12.9. The van der Waals surface area contributed by atoms with Crippen LogP contribution in [0.3, 0.4) is 0 Å². The van der Waals surface area contributed by atoms with Crippen LogP contribution < -0.4 is 5.30 Å². The van der Waals surface area contributed by atoms with Gasteiger partial charge in [-0.25, -0.2) is 0 Å². The van der Waals surface area contributed by atoms with Gasteiger partial charge in [0.2, 0.25) is 0 Å². The summed E-state index contributed by atoms with van der Waals surface area (Å²) in [5, 5.41) is 1.03. The summed E-state index contributed by atoms with van der Waals surface area (Å²) in [6.45, 7) is 5.91. The fraction of sp³-hybridized carbons (Fsp3) is 0.400. The van der Waals surface area contributed by atoms with Gasteiger partial charge in [0.25, 0.3) is 0 Å². The quantitative estimate of drug-likeness (QED) is 0.733. The maximum absolute atomic E-state index is 6.43. The van der Waals surface area contributed by atoms with Gasteiger partial charge in [-0.3, -0.25) is 0 Å². The highest BCUT2D eigenvalue weighted by Gasteiger charge is 2.43. The van der Waals surface area contributed by atoms with E-state index in [9.17, 15) is 0 Å². The molecule has 0 aliphatic rings. The Balaban J connectivity index is 2.94. The Labute approximate surface area is 96.0 Å². The molecule has 0 spiro atoms. The first-order chi connectivity index (χ1) is 6.62. The normalized spacial score (nSPS) is 12.1. The molecule has 0 radical (unpaired) electrons. The average Bonchev–Trinajstić information content (AvgIpc) is 2.20. The van der Waals surface area contributed by atoms with Gasteiger partial charge in [0.1, 0.15) is 27.8 Å². The molecule has 1 nitrogen and oxygen atoms in total. The van der Waals surface area contributed by atoms with E-state index in [-0.39, 0.29) is 0 Å². The highest BCUT2D eigenvalue weighted by atomic mass is 35.9. The topological polar surface area (TPSA) is 3.24 Å². The lowest BCUT2D eigenvalue weighted by molar-refractivity contribution is 0.514. The summed E-state index contributed by atoms with van der Waals surface area (Å²) < 4.78 is 2.12. The van der Waals surface area contributed by atoms with Crippen molar-refractivity contribution < 1.29 is 0 Å². The molecule has 0 aliphatic heterocycles. The molecule has 1 rings (SSSR count). The minimum Gasteiger partial charge on any atom is -0.145 e. The Morgan fingerprint density at radius 3 is 2.00 bits per heavy atom. The third-order valence-corrected chi connectivity index (χ3v) is 6.80. The molecular formula is C10H15Cl2NP+. The predicted molar refractivity (Wildman–Crippen MR) is 67.6 cm³/mol. The first-order valence-electron chi connectivity index (χ1n) is 4.72. The maximum atomic E-state index is 6.43. The van der Waals surface area contributed by atoms with E-state index < -0.39 is 6.12 Å². The largest absolute Gasteiger partial charge is 0.313 e. The van der Waals surface area contributed by atoms with Crippen molar-refractivity contribution in [2.24, 2.45) is 0 Å². The van der Waals surface area contributed by atoms with Crippen LogP contribution in [0.5, 0.6) is 0 Å². The summed E-state index contributed by atoms with van der Waals surface area (Å²) in [5.74, 6) is 0. The van der Waals surface area contributed by atoms with Crippen LogP contribution in [-0.4, -0.2) is 17.8 Å². The molecule has 0 aliphatic carbocycles. The molecule has 0 atom stereocenters. The monoisotopic (exact) mass is 250 g/mol. The molecule has 0 bridgehead atoms. The van der Waals surface area contributed by atoms with Crippen molar-refractivity contribution >= 4 is 33.9 Å². The van der Waals surface area contributed by atoms with Gasteiger partial charge in [-0.1, -0.05) is 18.2 Å². The number of hydrogen-bond acceptors (Lipinski definition) is 1. The van der Waals surface area contributed by atoms with Crippen molar-refractivity contribution in [3.8, 4) is 0 Å². The predicted octanol–water partition coefficient (Wildman–Crippen LogP) is 3.89. The van der Waals surface area contributed by atoms with E-state index in [4.69, 9.17) is 22.5 Å². The fourth-order valence-electron chi connectivity index (χ4n) is 1.35. The van der Waals surface area contributed by atoms with Crippen molar-refractivity contribution in [3.63, 3.8) is 0 Å². The SMILES string of the molecule is CCN(CC)[P+](Cl)(Cl)c1ccccc1. The lowest BCUT2D eigenvalue weighted by Gasteiger charge is -2.21. The van der Waals surface area contributed by atoms with Gasteiger partial charge >= 0.3 is 6.12 Å². The molecule has 1 aromatic carbocycles. The molecule has 78 valence electrons. The molecule has 0 amide bonds. The van der Waals surface area contributed by atoms with Gasteiger partial charge in [0.15, 0.2) is 0 Å². The van der Waals surface area contributed by atoms with Gasteiger partial charge in [0.05, 0.1) is 0 Å². The van der Waals surface area contributed by atoms with Crippen LogP contribution in [0.1, 0.15) is 13.8 Å². The molecule has 0 aromatic heterocycles. The van der Waals surface area contributed by atoms with Gasteiger partial charge < -0.3 is 0 Å². The first kappa shape index (κ1) is 12.3. The molecule has 0 saturated heterocycles. The highest BCUT2D eigenvalue weighted by molar-refractivity contribution is 8.20. The third kappa shape index (κ3) is 2.61. The van der Waals surface area contributed by atoms with Crippen LogP contribution in [0.4, 0.5) is 0 Å². The molecular weight excluding hydrogens is 236 g/mol. The van der Waals surface area contributed by atoms with Crippen LogP contribution in [0.15, 0.2) is 30.3 Å². The minimum atomic E-state index is -2.13. The van der Waals surface area contributed by atoms with Crippen LogP contribution in [0.25, 0.3) is 0 Å². The molecule has 4 heteroatoms. The van der Waals surface area contributed by atoms with Gasteiger partial charge in [-0.15, -0.1) is 4.67 Å². The molecule has 14 heavy (non-hydrogen) atoms. The Morgan fingerprint density at radius 1 is 1.07 bits per heavy atom. The second kappa shape index (κ2) is 5.32. The fourth-order valence-corrected chi connectivity index (χ4v) is 4.88. The summed E-state index contributed by atoms with van der Waals surface area (Å²) in [6, 6.07) is 9.90. The van der Waals surface area contributed by atoms with E-state index >= 15 is 0 Å². The molecule has 0 saturated carbocycles. The van der Waals surface area contributed by atoms with Gasteiger partial charge in [-0.2, -0.15) is 0 Å². The molecule has 0 fully saturated rings. The summed E-state index contributed by atoms with van der Waals surface area (Å²) in [7, 11) is 0. The number of hydrogen-bond donors (Lipinski definition) is 0. The lowest BCUT2D eigenvalue weighted by Crippen LogP contribution is -2.24. The molecule has 0 unspecified atom stereocenters. The zero-order chi connectivity index (χ0) is 10.6. The van der Waals surface area contributed by atoms with Crippen molar-refractivity contribution in [1.29, 1.82) is 0 Å².